The molecule has 0 saturated carbocycles. The summed E-state index contributed by atoms with van der Waals surface area (Å²) >= 11 is 0. The second-order valence-electron chi connectivity index (χ2n) is 4.03. The highest BCUT2D eigenvalue weighted by atomic mass is 16.5. The third-order valence-electron chi connectivity index (χ3n) is 2.77. The molecule has 1 heterocycles. The minimum absolute atomic E-state index is 0.675. The van der Waals surface area contributed by atoms with Crippen LogP contribution in [-0.4, -0.2) is 37.9 Å². The van der Waals surface area contributed by atoms with E-state index < -0.39 is 0 Å². The number of imidazole rings is 1. The maximum atomic E-state index is 5.38. The molecule has 0 radical (unpaired) electrons. The Kier molecular flexibility index (Phi) is 2.83. The topological polar surface area (TPSA) is 39.5 Å². The zero-order chi connectivity index (χ0) is 12.6. The van der Waals surface area contributed by atoms with Gasteiger partial charge < -0.3 is 18.9 Å². The first-order valence-corrected chi connectivity index (χ1v) is 5.35. The lowest BCUT2D eigenvalue weighted by Crippen LogP contribution is -2.13. The zero-order valence-electron chi connectivity index (χ0n) is 10.8. The fourth-order valence-electron chi connectivity index (χ4n) is 1.96. The van der Waals surface area contributed by atoms with Crippen LogP contribution in [0.1, 0.15) is 0 Å². The molecule has 2 aromatic rings. The standard InChI is InChI=1S/C12H17N3O2/c1-14(2)12-13-10-8(15(12)3)6-7-9(16-4)11(10)17-5/h6-7H,1-5H3. The van der Waals surface area contributed by atoms with Crippen LogP contribution < -0.4 is 14.4 Å². The van der Waals surface area contributed by atoms with E-state index in [4.69, 9.17) is 9.47 Å². The highest BCUT2D eigenvalue weighted by molar-refractivity contribution is 5.87. The molecule has 0 aliphatic heterocycles. The highest BCUT2D eigenvalue weighted by Gasteiger charge is 2.16. The minimum Gasteiger partial charge on any atom is -0.493 e. The summed E-state index contributed by atoms with van der Waals surface area (Å²) in [6.07, 6.45) is 0. The fourth-order valence-corrected chi connectivity index (χ4v) is 1.96. The van der Waals surface area contributed by atoms with Crippen molar-refractivity contribution in [2.45, 2.75) is 0 Å². The van der Waals surface area contributed by atoms with Gasteiger partial charge >= 0.3 is 0 Å². The Labute approximate surface area is 101 Å². The molecule has 0 spiro atoms. The van der Waals surface area contributed by atoms with Crippen LogP contribution >= 0.6 is 0 Å². The van der Waals surface area contributed by atoms with Gasteiger partial charge in [-0.3, -0.25) is 0 Å². The molecule has 1 aromatic carbocycles. The van der Waals surface area contributed by atoms with Crippen molar-refractivity contribution in [3.8, 4) is 11.5 Å². The highest BCUT2D eigenvalue weighted by Crippen LogP contribution is 2.36. The predicted molar refractivity (Wildman–Crippen MR) is 68.1 cm³/mol. The van der Waals surface area contributed by atoms with Crippen LogP contribution in [0, 0.1) is 0 Å². The number of benzene rings is 1. The Hall–Kier alpha value is -1.91. The first-order valence-electron chi connectivity index (χ1n) is 5.35. The molecule has 0 aliphatic carbocycles. The monoisotopic (exact) mass is 235 g/mol. The van der Waals surface area contributed by atoms with Crippen molar-refractivity contribution in [2.75, 3.05) is 33.2 Å². The Balaban J connectivity index is 2.77. The Morgan fingerprint density at radius 3 is 2.41 bits per heavy atom. The van der Waals surface area contributed by atoms with E-state index in [9.17, 15) is 0 Å². The van der Waals surface area contributed by atoms with Crippen LogP contribution in [0.4, 0.5) is 5.95 Å². The average Bonchev–Trinajstić information content (AvgIpc) is 2.65. The SMILES string of the molecule is COc1ccc2c(nc(N(C)C)n2C)c1OC. The number of aromatic nitrogens is 2. The normalized spacial score (nSPS) is 10.6. The van der Waals surface area contributed by atoms with Crippen LogP contribution in [0.5, 0.6) is 11.5 Å². The molecule has 0 unspecified atom stereocenters. The van der Waals surface area contributed by atoms with Crippen molar-refractivity contribution in [1.29, 1.82) is 0 Å². The molecule has 5 heteroatoms. The van der Waals surface area contributed by atoms with E-state index in [0.717, 1.165) is 17.0 Å². The molecular formula is C12H17N3O2. The van der Waals surface area contributed by atoms with Gasteiger partial charge in [-0.1, -0.05) is 0 Å². The van der Waals surface area contributed by atoms with Crippen LogP contribution in [-0.2, 0) is 7.05 Å². The summed E-state index contributed by atoms with van der Waals surface area (Å²) in [6.45, 7) is 0. The molecule has 0 aliphatic rings. The lowest BCUT2D eigenvalue weighted by atomic mass is 10.2. The number of hydrogen-bond acceptors (Lipinski definition) is 4. The summed E-state index contributed by atoms with van der Waals surface area (Å²) < 4.78 is 12.7. The number of anilines is 1. The first-order chi connectivity index (χ1) is 8.10. The number of nitrogens with zero attached hydrogens (tertiary/aromatic N) is 3. The summed E-state index contributed by atoms with van der Waals surface area (Å²) in [5, 5.41) is 0. The zero-order valence-corrected chi connectivity index (χ0v) is 10.8. The Bertz CT molecular complexity index is 546. The second-order valence-corrected chi connectivity index (χ2v) is 4.03. The lowest BCUT2D eigenvalue weighted by Gasteiger charge is -2.10. The quantitative estimate of drug-likeness (QED) is 0.811. The van der Waals surface area contributed by atoms with E-state index >= 15 is 0 Å². The Morgan fingerprint density at radius 1 is 1.18 bits per heavy atom. The Morgan fingerprint density at radius 2 is 1.88 bits per heavy atom. The van der Waals surface area contributed by atoms with Gasteiger partial charge in [0, 0.05) is 21.1 Å². The molecule has 5 nitrogen and oxygen atoms in total. The van der Waals surface area contributed by atoms with Crippen molar-refractivity contribution in [2.24, 2.45) is 7.05 Å². The molecule has 92 valence electrons. The van der Waals surface area contributed by atoms with E-state index in [2.05, 4.69) is 4.98 Å². The number of ether oxygens (including phenoxy) is 2. The summed E-state index contributed by atoms with van der Waals surface area (Å²) in [4.78, 5) is 6.54. The van der Waals surface area contributed by atoms with Crippen LogP contribution in [0.25, 0.3) is 11.0 Å². The van der Waals surface area contributed by atoms with Crippen molar-refractivity contribution in [1.82, 2.24) is 9.55 Å². The summed E-state index contributed by atoms with van der Waals surface area (Å²) in [5.41, 5.74) is 1.84. The largest absolute Gasteiger partial charge is 0.493 e. The van der Waals surface area contributed by atoms with Crippen molar-refractivity contribution < 1.29 is 9.47 Å². The molecule has 0 bridgehead atoms. The maximum Gasteiger partial charge on any atom is 0.205 e. The third kappa shape index (κ3) is 1.67. The van der Waals surface area contributed by atoms with Crippen LogP contribution in [0.3, 0.4) is 0 Å². The van der Waals surface area contributed by atoms with Gasteiger partial charge in [0.2, 0.25) is 5.95 Å². The first kappa shape index (κ1) is 11.6. The van der Waals surface area contributed by atoms with Crippen molar-refractivity contribution >= 4 is 17.0 Å². The molecule has 0 fully saturated rings. The molecule has 1 aromatic heterocycles. The predicted octanol–water partition coefficient (Wildman–Crippen LogP) is 1.66. The second kappa shape index (κ2) is 4.16. The molecule has 0 N–H and O–H groups in total. The van der Waals surface area contributed by atoms with Gasteiger partial charge in [0.05, 0.1) is 19.7 Å². The van der Waals surface area contributed by atoms with Gasteiger partial charge in [-0.25, -0.2) is 4.98 Å². The van der Waals surface area contributed by atoms with Crippen LogP contribution in [0.15, 0.2) is 12.1 Å². The number of hydrogen-bond donors (Lipinski definition) is 0. The number of methoxy groups -OCH3 is 2. The van der Waals surface area contributed by atoms with Crippen molar-refractivity contribution in [3.63, 3.8) is 0 Å². The molecule has 17 heavy (non-hydrogen) atoms. The molecule has 0 saturated heterocycles. The van der Waals surface area contributed by atoms with Gasteiger partial charge in [0.15, 0.2) is 11.5 Å². The van der Waals surface area contributed by atoms with E-state index in [1.54, 1.807) is 14.2 Å². The molecular weight excluding hydrogens is 218 g/mol. The number of rotatable bonds is 3. The fraction of sp³-hybridized carbons (Fsp3) is 0.417. The molecule has 0 amide bonds. The van der Waals surface area contributed by atoms with E-state index in [1.807, 2.05) is 42.7 Å². The summed E-state index contributed by atoms with van der Waals surface area (Å²) in [5.74, 6) is 2.25. The summed E-state index contributed by atoms with van der Waals surface area (Å²) in [7, 11) is 9.16. The lowest BCUT2D eigenvalue weighted by molar-refractivity contribution is 0.358. The molecule has 2 rings (SSSR count). The van der Waals surface area contributed by atoms with Gasteiger partial charge in [-0.2, -0.15) is 0 Å². The molecule has 0 atom stereocenters. The average molecular weight is 235 g/mol. The van der Waals surface area contributed by atoms with Crippen LogP contribution in [0.2, 0.25) is 0 Å². The number of fused-ring (bicyclic) bond motifs is 1. The van der Waals surface area contributed by atoms with Crippen molar-refractivity contribution in [3.05, 3.63) is 12.1 Å². The smallest absolute Gasteiger partial charge is 0.205 e. The van der Waals surface area contributed by atoms with E-state index in [0.29, 0.717) is 11.5 Å². The van der Waals surface area contributed by atoms with Gasteiger partial charge in [0.25, 0.3) is 0 Å². The van der Waals surface area contributed by atoms with E-state index in [-0.39, 0.29) is 0 Å². The summed E-state index contributed by atoms with van der Waals surface area (Å²) in [6, 6.07) is 3.87. The minimum atomic E-state index is 0.675. The van der Waals surface area contributed by atoms with Gasteiger partial charge in [-0.15, -0.1) is 0 Å². The van der Waals surface area contributed by atoms with E-state index in [1.165, 1.54) is 0 Å². The van der Waals surface area contributed by atoms with Gasteiger partial charge in [0.1, 0.15) is 5.52 Å². The maximum absolute atomic E-state index is 5.38. The van der Waals surface area contributed by atoms with Gasteiger partial charge in [-0.05, 0) is 12.1 Å². The third-order valence-corrected chi connectivity index (χ3v) is 2.77. The number of aryl methyl sites for hydroxylation is 1.